The highest BCUT2D eigenvalue weighted by molar-refractivity contribution is 5.82. The number of amides is 1. The van der Waals surface area contributed by atoms with Crippen LogP contribution in [-0.4, -0.2) is 12.3 Å². The number of nitrogens with two attached hydrogens (primary N) is 1. The summed E-state index contributed by atoms with van der Waals surface area (Å²) >= 11 is 0. The maximum absolute atomic E-state index is 12.4. The maximum Gasteiger partial charge on any atom is 0.254 e. The van der Waals surface area contributed by atoms with Crippen molar-refractivity contribution in [2.75, 3.05) is 0 Å². The summed E-state index contributed by atoms with van der Waals surface area (Å²) < 4.78 is 37.1. The average Bonchev–Trinajstić information content (AvgIpc) is 2.07. The van der Waals surface area contributed by atoms with E-state index in [-0.39, 0.29) is 5.56 Å². The Morgan fingerprint density at radius 1 is 1.21 bits per heavy atom. The minimum absolute atomic E-state index is 0.0221. The summed E-state index contributed by atoms with van der Waals surface area (Å²) in [4.78, 5) is 10.7. The van der Waals surface area contributed by atoms with E-state index in [1.54, 1.807) is 0 Å². The zero-order chi connectivity index (χ0) is 10.7. The lowest BCUT2D eigenvalue weighted by atomic mass is 9.99. The Bertz CT molecular complexity index is 323. The highest BCUT2D eigenvalue weighted by Crippen LogP contribution is 2.22. The van der Waals surface area contributed by atoms with Gasteiger partial charge in [-0.25, -0.2) is 13.2 Å². The molecule has 1 atom stereocenters. The van der Waals surface area contributed by atoms with Crippen LogP contribution in [-0.2, 0) is 4.79 Å². The van der Waals surface area contributed by atoms with E-state index < -0.39 is 24.1 Å². The lowest BCUT2D eigenvalue weighted by molar-refractivity contribution is -0.122. The van der Waals surface area contributed by atoms with Gasteiger partial charge in [-0.3, -0.25) is 4.79 Å². The Hall–Kier alpha value is -1.52. The smallest absolute Gasteiger partial charge is 0.254 e. The fraction of sp³-hybridized carbons (Fsp3) is 0.222. The van der Waals surface area contributed by atoms with Gasteiger partial charge < -0.3 is 5.73 Å². The first kappa shape index (κ1) is 10.6. The molecule has 1 aromatic rings. The Morgan fingerprint density at radius 2 is 1.71 bits per heavy atom. The first-order valence-corrected chi connectivity index (χ1v) is 3.85. The minimum atomic E-state index is -2.88. The molecule has 0 saturated heterocycles. The van der Waals surface area contributed by atoms with Gasteiger partial charge in [0.2, 0.25) is 5.91 Å². The van der Waals surface area contributed by atoms with Crippen molar-refractivity contribution in [3.05, 3.63) is 35.6 Å². The molecule has 0 saturated carbocycles. The molecule has 5 heteroatoms. The maximum atomic E-state index is 12.4. The van der Waals surface area contributed by atoms with Crippen LogP contribution < -0.4 is 5.73 Å². The van der Waals surface area contributed by atoms with Crippen molar-refractivity contribution in [3.8, 4) is 0 Å². The minimum Gasteiger partial charge on any atom is -0.369 e. The van der Waals surface area contributed by atoms with Crippen molar-refractivity contribution in [1.29, 1.82) is 0 Å². The molecule has 0 aliphatic carbocycles. The Balaban J connectivity index is 3.00. The van der Waals surface area contributed by atoms with E-state index in [4.69, 9.17) is 5.73 Å². The number of halogens is 3. The van der Waals surface area contributed by atoms with Crippen molar-refractivity contribution < 1.29 is 18.0 Å². The molecule has 0 fully saturated rings. The molecule has 0 unspecified atom stereocenters. The number of carbonyl (C=O) groups excluding carboxylic acids is 1. The van der Waals surface area contributed by atoms with Gasteiger partial charge in [0.05, 0.1) is 0 Å². The fourth-order valence-corrected chi connectivity index (χ4v) is 1.10. The predicted octanol–water partition coefficient (Wildman–Crippen LogP) is 1.66. The van der Waals surface area contributed by atoms with E-state index in [2.05, 4.69) is 0 Å². The van der Waals surface area contributed by atoms with E-state index in [0.29, 0.717) is 0 Å². The number of carbonyl (C=O) groups is 1. The summed E-state index contributed by atoms with van der Waals surface area (Å²) in [7, 11) is 0. The monoisotopic (exact) mass is 203 g/mol. The summed E-state index contributed by atoms with van der Waals surface area (Å²) in [5.74, 6) is -3.34. The zero-order valence-electron chi connectivity index (χ0n) is 7.08. The Morgan fingerprint density at radius 3 is 2.07 bits per heavy atom. The van der Waals surface area contributed by atoms with Crippen LogP contribution in [0, 0.1) is 5.82 Å². The van der Waals surface area contributed by atoms with Crippen LogP contribution in [0.4, 0.5) is 13.2 Å². The SMILES string of the molecule is NC(=O)[C@H](c1ccc(F)cc1)C(F)F. The van der Waals surface area contributed by atoms with Gasteiger partial charge in [0.1, 0.15) is 11.7 Å². The number of rotatable bonds is 3. The molecule has 0 radical (unpaired) electrons. The molecule has 2 nitrogen and oxygen atoms in total. The first-order chi connectivity index (χ1) is 6.52. The number of hydrogen-bond donors (Lipinski definition) is 1. The van der Waals surface area contributed by atoms with Gasteiger partial charge in [-0.2, -0.15) is 0 Å². The second kappa shape index (κ2) is 4.13. The van der Waals surface area contributed by atoms with Gasteiger partial charge in [-0.05, 0) is 17.7 Å². The molecule has 76 valence electrons. The summed E-state index contributed by atoms with van der Waals surface area (Å²) in [5.41, 5.74) is 4.82. The van der Waals surface area contributed by atoms with Crippen molar-refractivity contribution in [1.82, 2.24) is 0 Å². The normalized spacial score (nSPS) is 12.9. The number of benzene rings is 1. The van der Waals surface area contributed by atoms with Crippen molar-refractivity contribution in [3.63, 3.8) is 0 Å². The van der Waals surface area contributed by atoms with Gasteiger partial charge >= 0.3 is 0 Å². The predicted molar refractivity (Wildman–Crippen MR) is 44.3 cm³/mol. The van der Waals surface area contributed by atoms with Crippen molar-refractivity contribution >= 4 is 5.91 Å². The number of alkyl halides is 2. The van der Waals surface area contributed by atoms with E-state index in [1.807, 2.05) is 0 Å². The molecule has 0 aliphatic heterocycles. The van der Waals surface area contributed by atoms with Crippen LogP contribution in [0.25, 0.3) is 0 Å². The Labute approximate surface area is 78.5 Å². The van der Waals surface area contributed by atoms with E-state index in [1.165, 1.54) is 0 Å². The molecule has 0 bridgehead atoms. The van der Waals surface area contributed by atoms with Gasteiger partial charge in [0, 0.05) is 0 Å². The molecular weight excluding hydrogens is 195 g/mol. The number of hydrogen-bond acceptors (Lipinski definition) is 1. The molecule has 1 aromatic carbocycles. The van der Waals surface area contributed by atoms with Gasteiger partial charge in [0.15, 0.2) is 0 Å². The summed E-state index contributed by atoms with van der Waals surface area (Å²) in [6.07, 6.45) is -2.88. The second-order valence-corrected chi connectivity index (χ2v) is 2.77. The third-order valence-electron chi connectivity index (χ3n) is 1.79. The zero-order valence-corrected chi connectivity index (χ0v) is 7.08. The van der Waals surface area contributed by atoms with Crippen LogP contribution in [0.5, 0.6) is 0 Å². The second-order valence-electron chi connectivity index (χ2n) is 2.77. The lowest BCUT2D eigenvalue weighted by Crippen LogP contribution is -2.26. The summed E-state index contributed by atoms with van der Waals surface area (Å²) in [6.45, 7) is 0. The fourth-order valence-electron chi connectivity index (χ4n) is 1.10. The van der Waals surface area contributed by atoms with Crippen LogP contribution in [0.15, 0.2) is 24.3 Å². The molecule has 1 amide bonds. The lowest BCUT2D eigenvalue weighted by Gasteiger charge is -2.11. The molecule has 1 rings (SSSR count). The number of primary amides is 1. The van der Waals surface area contributed by atoms with Crippen LogP contribution in [0.2, 0.25) is 0 Å². The van der Waals surface area contributed by atoms with Crippen LogP contribution >= 0.6 is 0 Å². The van der Waals surface area contributed by atoms with Crippen LogP contribution in [0.1, 0.15) is 11.5 Å². The van der Waals surface area contributed by atoms with Crippen LogP contribution in [0.3, 0.4) is 0 Å². The van der Waals surface area contributed by atoms with Gasteiger partial charge in [-0.15, -0.1) is 0 Å². The summed E-state index contributed by atoms with van der Waals surface area (Å²) in [5, 5.41) is 0. The molecule has 0 aromatic heterocycles. The molecular formula is C9H8F3NO. The highest BCUT2D eigenvalue weighted by atomic mass is 19.3. The Kier molecular flexibility index (Phi) is 3.11. The van der Waals surface area contributed by atoms with Crippen molar-refractivity contribution in [2.45, 2.75) is 12.3 Å². The largest absolute Gasteiger partial charge is 0.369 e. The van der Waals surface area contributed by atoms with Gasteiger partial charge in [-0.1, -0.05) is 12.1 Å². The third-order valence-corrected chi connectivity index (χ3v) is 1.79. The average molecular weight is 203 g/mol. The molecule has 14 heavy (non-hydrogen) atoms. The summed E-state index contributed by atoms with van der Waals surface area (Å²) in [6, 6.07) is 4.26. The molecule has 0 heterocycles. The highest BCUT2D eigenvalue weighted by Gasteiger charge is 2.27. The van der Waals surface area contributed by atoms with E-state index in [9.17, 15) is 18.0 Å². The molecule has 0 aliphatic rings. The van der Waals surface area contributed by atoms with E-state index >= 15 is 0 Å². The first-order valence-electron chi connectivity index (χ1n) is 3.85. The van der Waals surface area contributed by atoms with Gasteiger partial charge in [0.25, 0.3) is 6.43 Å². The topological polar surface area (TPSA) is 43.1 Å². The standard InChI is InChI=1S/C9H8F3NO/c10-6-3-1-5(2-4-6)7(8(11)12)9(13)14/h1-4,7-8H,(H2,13,14)/t7-/m1/s1. The van der Waals surface area contributed by atoms with Crippen molar-refractivity contribution in [2.24, 2.45) is 5.73 Å². The third kappa shape index (κ3) is 2.25. The molecule has 2 N–H and O–H groups in total. The molecule has 0 spiro atoms. The quantitative estimate of drug-likeness (QED) is 0.797. The van der Waals surface area contributed by atoms with E-state index in [0.717, 1.165) is 24.3 Å².